The maximum absolute atomic E-state index is 12.0. The van der Waals surface area contributed by atoms with E-state index in [1.165, 1.54) is 0 Å². The van der Waals surface area contributed by atoms with Gasteiger partial charge in [0, 0.05) is 0 Å². The van der Waals surface area contributed by atoms with Crippen molar-refractivity contribution < 1.29 is 9.53 Å². The molecule has 0 aliphatic heterocycles. The van der Waals surface area contributed by atoms with Crippen molar-refractivity contribution in [3.05, 3.63) is 29.3 Å². The van der Waals surface area contributed by atoms with Crippen molar-refractivity contribution in [3.8, 4) is 5.75 Å². The number of alkyl halides is 2. The molecule has 3 nitrogen and oxygen atoms in total. The molecule has 1 aromatic carbocycles. The summed E-state index contributed by atoms with van der Waals surface area (Å²) < 4.78 is 4.80. The first-order valence-electron chi connectivity index (χ1n) is 6.63. The molecular formula is C15H19Cl2NO2. The van der Waals surface area contributed by atoms with Gasteiger partial charge in [0.25, 0.3) is 0 Å². The van der Waals surface area contributed by atoms with Crippen LogP contribution in [-0.4, -0.2) is 23.4 Å². The molecule has 1 aromatic rings. The lowest BCUT2D eigenvalue weighted by Crippen LogP contribution is -2.35. The molecule has 0 radical (unpaired) electrons. The molecule has 0 spiro atoms. The number of ether oxygens (including phenoxy) is 1. The van der Waals surface area contributed by atoms with Crippen LogP contribution in [0.3, 0.4) is 0 Å². The molecule has 1 N–H and O–H groups in total. The Morgan fingerprint density at radius 2 is 1.90 bits per heavy atom. The number of amides is 1. The lowest BCUT2D eigenvalue weighted by atomic mass is 10.1. The van der Waals surface area contributed by atoms with Crippen molar-refractivity contribution in [2.75, 3.05) is 13.2 Å². The highest BCUT2D eigenvalue weighted by atomic mass is 35.5. The van der Waals surface area contributed by atoms with Crippen molar-refractivity contribution in [3.63, 3.8) is 0 Å². The summed E-state index contributed by atoms with van der Waals surface area (Å²) in [6, 6.07) is 6.00. The second-order valence-electron chi connectivity index (χ2n) is 5.54. The van der Waals surface area contributed by atoms with E-state index in [0.29, 0.717) is 19.6 Å². The Bertz CT molecular complexity index is 510. The van der Waals surface area contributed by atoms with Crippen molar-refractivity contribution >= 4 is 29.1 Å². The van der Waals surface area contributed by atoms with Gasteiger partial charge in [0.05, 0.1) is 12.0 Å². The number of halogens is 2. The zero-order chi connectivity index (χ0) is 15.0. The van der Waals surface area contributed by atoms with Crippen LogP contribution >= 0.6 is 23.2 Å². The highest BCUT2D eigenvalue weighted by molar-refractivity contribution is 6.53. The second kappa shape index (κ2) is 5.45. The largest absolute Gasteiger partial charge is 0.491 e. The number of carbonyl (C=O) groups excluding carboxylic acids is 1. The molecule has 0 aromatic heterocycles. The summed E-state index contributed by atoms with van der Waals surface area (Å²) in [5.74, 6) is 0.760. The zero-order valence-electron chi connectivity index (χ0n) is 11.9. The molecule has 2 rings (SSSR count). The van der Waals surface area contributed by atoms with Crippen LogP contribution < -0.4 is 10.1 Å². The van der Waals surface area contributed by atoms with E-state index in [9.17, 15) is 4.79 Å². The first-order valence-corrected chi connectivity index (χ1v) is 7.39. The normalized spacial score (nSPS) is 23.2. The summed E-state index contributed by atoms with van der Waals surface area (Å²) in [5, 5.41) is 2.82. The molecule has 1 aliphatic rings. The predicted molar refractivity (Wildman–Crippen MR) is 81.6 cm³/mol. The van der Waals surface area contributed by atoms with Gasteiger partial charge in [-0.1, -0.05) is 18.2 Å². The first kappa shape index (κ1) is 15.5. The standard InChI is InChI=1S/C15H19Cl2NO2/c1-10-5-4-6-11(2)12(10)20-8-7-18-13(19)14(3)9-15(14,16)17/h4-6H,7-9H2,1-3H3,(H,18,19)/t14-/m1/s1. The van der Waals surface area contributed by atoms with Crippen LogP contribution in [-0.2, 0) is 4.79 Å². The van der Waals surface area contributed by atoms with Crippen molar-refractivity contribution in [1.82, 2.24) is 5.32 Å². The summed E-state index contributed by atoms with van der Waals surface area (Å²) in [7, 11) is 0. The van der Waals surface area contributed by atoms with E-state index < -0.39 is 9.75 Å². The highest BCUT2D eigenvalue weighted by Crippen LogP contribution is 2.63. The minimum atomic E-state index is -0.926. The number of aryl methyl sites for hydroxylation is 2. The minimum Gasteiger partial charge on any atom is -0.491 e. The van der Waals surface area contributed by atoms with Crippen LogP contribution in [0.2, 0.25) is 0 Å². The number of nitrogens with one attached hydrogen (secondary N) is 1. The average Bonchev–Trinajstić information content (AvgIpc) is 2.88. The third-order valence-electron chi connectivity index (χ3n) is 3.80. The molecular weight excluding hydrogens is 297 g/mol. The molecule has 1 atom stereocenters. The summed E-state index contributed by atoms with van der Waals surface area (Å²) >= 11 is 11.9. The molecule has 1 saturated carbocycles. The number of benzene rings is 1. The molecule has 1 amide bonds. The molecule has 0 bridgehead atoms. The Hall–Kier alpha value is -0.930. The quantitative estimate of drug-likeness (QED) is 0.668. The van der Waals surface area contributed by atoms with Gasteiger partial charge in [-0.3, -0.25) is 4.79 Å². The molecule has 1 aliphatic carbocycles. The maximum atomic E-state index is 12.0. The SMILES string of the molecule is Cc1cccc(C)c1OCCNC(=O)[C@@]1(C)CC1(Cl)Cl. The third kappa shape index (κ3) is 2.89. The molecule has 1 fully saturated rings. The van der Waals surface area contributed by atoms with Crippen LogP contribution in [0.15, 0.2) is 18.2 Å². The van der Waals surface area contributed by atoms with Crippen LogP contribution in [0, 0.1) is 19.3 Å². The van der Waals surface area contributed by atoms with E-state index in [1.807, 2.05) is 32.0 Å². The number of para-hydroxylation sites is 1. The van der Waals surface area contributed by atoms with E-state index >= 15 is 0 Å². The molecule has 0 heterocycles. The van der Waals surface area contributed by atoms with Crippen molar-refractivity contribution in [2.24, 2.45) is 5.41 Å². The summed E-state index contributed by atoms with van der Waals surface area (Å²) in [6.07, 6.45) is 0.493. The van der Waals surface area contributed by atoms with Crippen LogP contribution in [0.5, 0.6) is 5.75 Å². The second-order valence-corrected chi connectivity index (χ2v) is 7.02. The number of hydrogen-bond donors (Lipinski definition) is 1. The van der Waals surface area contributed by atoms with Gasteiger partial charge >= 0.3 is 0 Å². The van der Waals surface area contributed by atoms with Crippen LogP contribution in [0.1, 0.15) is 24.5 Å². The van der Waals surface area contributed by atoms with Gasteiger partial charge in [0.1, 0.15) is 16.7 Å². The van der Waals surface area contributed by atoms with Gasteiger partial charge in [0.2, 0.25) is 5.91 Å². The number of rotatable bonds is 5. The van der Waals surface area contributed by atoms with Gasteiger partial charge in [-0.2, -0.15) is 0 Å². The summed E-state index contributed by atoms with van der Waals surface area (Å²) in [4.78, 5) is 12.0. The minimum absolute atomic E-state index is 0.118. The van der Waals surface area contributed by atoms with Crippen LogP contribution in [0.25, 0.3) is 0 Å². The molecule has 110 valence electrons. The topological polar surface area (TPSA) is 38.3 Å². The van der Waals surface area contributed by atoms with Crippen molar-refractivity contribution in [1.29, 1.82) is 0 Å². The van der Waals surface area contributed by atoms with Gasteiger partial charge < -0.3 is 10.1 Å². The van der Waals surface area contributed by atoms with E-state index in [-0.39, 0.29) is 5.91 Å². The average molecular weight is 316 g/mol. The fraction of sp³-hybridized carbons (Fsp3) is 0.533. The fourth-order valence-electron chi connectivity index (χ4n) is 2.19. The molecule has 0 unspecified atom stereocenters. The van der Waals surface area contributed by atoms with E-state index in [0.717, 1.165) is 16.9 Å². The first-order chi connectivity index (χ1) is 9.28. The van der Waals surface area contributed by atoms with E-state index in [2.05, 4.69) is 5.32 Å². The van der Waals surface area contributed by atoms with Gasteiger partial charge in [0.15, 0.2) is 0 Å². The van der Waals surface area contributed by atoms with E-state index in [1.54, 1.807) is 6.92 Å². The number of carbonyl (C=O) groups is 1. The van der Waals surface area contributed by atoms with E-state index in [4.69, 9.17) is 27.9 Å². The Labute approximate surface area is 129 Å². The van der Waals surface area contributed by atoms with Gasteiger partial charge in [-0.05, 0) is 38.3 Å². The maximum Gasteiger partial charge on any atom is 0.229 e. The number of hydrogen-bond acceptors (Lipinski definition) is 2. The van der Waals surface area contributed by atoms with Gasteiger partial charge in [-0.25, -0.2) is 0 Å². The third-order valence-corrected chi connectivity index (χ3v) is 4.90. The molecule has 0 saturated heterocycles. The molecule has 20 heavy (non-hydrogen) atoms. The van der Waals surface area contributed by atoms with Crippen molar-refractivity contribution in [2.45, 2.75) is 31.5 Å². The summed E-state index contributed by atoms with van der Waals surface area (Å²) in [6.45, 7) is 6.63. The van der Waals surface area contributed by atoms with Crippen LogP contribution in [0.4, 0.5) is 0 Å². The Kier molecular flexibility index (Phi) is 4.22. The fourth-order valence-corrected chi connectivity index (χ4v) is 2.89. The zero-order valence-corrected chi connectivity index (χ0v) is 13.4. The highest BCUT2D eigenvalue weighted by Gasteiger charge is 2.67. The Morgan fingerprint density at radius 1 is 1.35 bits per heavy atom. The lowest BCUT2D eigenvalue weighted by Gasteiger charge is -2.14. The smallest absolute Gasteiger partial charge is 0.229 e. The predicted octanol–water partition coefficient (Wildman–Crippen LogP) is 3.38. The Morgan fingerprint density at radius 3 is 2.40 bits per heavy atom. The van der Waals surface area contributed by atoms with Gasteiger partial charge in [-0.15, -0.1) is 23.2 Å². The monoisotopic (exact) mass is 315 g/mol. The molecule has 5 heteroatoms. The summed E-state index contributed by atoms with van der Waals surface area (Å²) in [5.41, 5.74) is 1.51. The Balaban J connectivity index is 1.79. The lowest BCUT2D eigenvalue weighted by molar-refractivity contribution is -0.125.